The molecule has 11 rings (SSSR count). The fourth-order valence-corrected chi connectivity index (χ4v) is 9.71. The Balaban J connectivity index is 0.000000152. The molecule has 0 aliphatic carbocycles. The van der Waals surface area contributed by atoms with Crippen molar-refractivity contribution in [3.63, 3.8) is 0 Å². The summed E-state index contributed by atoms with van der Waals surface area (Å²) in [5.41, 5.74) is 11.1. The number of rotatable bonds is 10. The van der Waals surface area contributed by atoms with Crippen molar-refractivity contribution in [3.05, 3.63) is 124 Å². The summed E-state index contributed by atoms with van der Waals surface area (Å²) in [6.45, 7) is 11.9. The zero-order chi connectivity index (χ0) is 56.8. The average Bonchev–Trinajstić information content (AvgIpc) is 4.26. The Morgan fingerprint density at radius 3 is 1.51 bits per heavy atom. The first-order valence-corrected chi connectivity index (χ1v) is 26.9. The van der Waals surface area contributed by atoms with Gasteiger partial charge in [-0.25, -0.2) is 29.9 Å². The first-order chi connectivity index (χ1) is 38.1. The molecular weight excluding hydrogens is 1110 g/mol. The van der Waals surface area contributed by atoms with E-state index in [1.54, 1.807) is 33.8 Å². The second-order valence-electron chi connectivity index (χ2n) is 19.0. The molecule has 0 bridgehead atoms. The number of nitrogens with two attached hydrogens (primary N) is 2. The number of halogens is 7. The van der Waals surface area contributed by atoms with Crippen molar-refractivity contribution in [2.24, 2.45) is 0 Å². The van der Waals surface area contributed by atoms with Crippen LogP contribution in [-0.2, 0) is 31.1 Å². The van der Waals surface area contributed by atoms with Crippen LogP contribution < -0.4 is 37.4 Å². The van der Waals surface area contributed by atoms with Crippen LogP contribution in [0.25, 0.3) is 33.8 Å². The maximum Gasteiger partial charge on any atom is 0.497 e. The molecule has 9 heterocycles. The van der Waals surface area contributed by atoms with Crippen molar-refractivity contribution in [1.29, 1.82) is 0 Å². The number of hydrogen-bond donors (Lipinski definition) is 4. The minimum absolute atomic E-state index is 0.0728. The summed E-state index contributed by atoms with van der Waals surface area (Å²) < 4.78 is 103. The molecule has 0 unspecified atom stereocenters. The fraction of sp³-hybridized carbons (Fsp3) is 0.308. The largest absolute Gasteiger partial charge is 0.497 e. The van der Waals surface area contributed by atoms with Crippen molar-refractivity contribution in [2.45, 2.75) is 51.2 Å². The van der Waals surface area contributed by atoms with E-state index in [1.807, 2.05) is 76.3 Å². The molecule has 6 N–H and O–H groups in total. The highest BCUT2D eigenvalue weighted by atomic mass is 35.5. The predicted octanol–water partition coefficient (Wildman–Crippen LogP) is 10.7. The van der Waals surface area contributed by atoms with Crippen LogP contribution >= 0.6 is 34.3 Å². The molecule has 418 valence electrons. The first-order valence-electron chi connectivity index (χ1n) is 24.7. The van der Waals surface area contributed by atoms with E-state index in [4.69, 9.17) is 41.9 Å². The highest BCUT2D eigenvalue weighted by Crippen LogP contribution is 2.40. The highest BCUT2D eigenvalue weighted by Gasteiger charge is 2.54. The Morgan fingerprint density at radius 2 is 1.02 bits per heavy atom. The summed E-state index contributed by atoms with van der Waals surface area (Å²) in [7, 11) is -1.12. The van der Waals surface area contributed by atoms with Crippen LogP contribution in [0.5, 0.6) is 0 Å². The summed E-state index contributed by atoms with van der Waals surface area (Å²) in [6, 6.07) is 24.5. The molecule has 18 nitrogen and oxygen atoms in total. The van der Waals surface area contributed by atoms with Crippen molar-refractivity contribution >= 4 is 92.3 Å². The van der Waals surface area contributed by atoms with Crippen LogP contribution in [0.3, 0.4) is 0 Å². The van der Waals surface area contributed by atoms with Crippen molar-refractivity contribution in [1.82, 2.24) is 39.9 Å². The monoisotopic (exact) mass is 1160 g/mol. The smallest absolute Gasteiger partial charge is 0.399 e. The van der Waals surface area contributed by atoms with E-state index in [0.717, 1.165) is 65.3 Å². The van der Waals surface area contributed by atoms with Gasteiger partial charge in [0, 0.05) is 83.6 Å². The van der Waals surface area contributed by atoms with Crippen molar-refractivity contribution < 1.29 is 45.1 Å². The van der Waals surface area contributed by atoms with Crippen molar-refractivity contribution in [2.75, 3.05) is 84.5 Å². The van der Waals surface area contributed by atoms with E-state index >= 15 is 0 Å². The van der Waals surface area contributed by atoms with Gasteiger partial charge in [-0.3, -0.25) is 0 Å². The lowest BCUT2D eigenvalue weighted by atomic mass is 9.77. The lowest BCUT2D eigenvalue weighted by Gasteiger charge is -2.32. The number of thiazole rings is 2. The normalized spacial score (nSPS) is 16.1. The summed E-state index contributed by atoms with van der Waals surface area (Å²) in [4.78, 5) is 38.6. The quantitative estimate of drug-likeness (QED) is 0.0568. The van der Waals surface area contributed by atoms with Crippen molar-refractivity contribution in [3.8, 4) is 33.8 Å². The summed E-state index contributed by atoms with van der Waals surface area (Å²) in [6.07, 6.45) is -7.04. The lowest BCUT2D eigenvalue weighted by molar-refractivity contribution is -0.137. The first kappa shape index (κ1) is 57.4. The molecule has 3 aliphatic heterocycles. The average molecular weight is 1160 g/mol. The molecule has 2 aromatic carbocycles. The molecule has 0 saturated carbocycles. The number of aromatic nitrogens is 8. The number of alkyl halides is 6. The second-order valence-corrected chi connectivity index (χ2v) is 21.1. The molecule has 0 radical (unpaired) electrons. The van der Waals surface area contributed by atoms with Gasteiger partial charge in [-0.2, -0.15) is 36.3 Å². The summed E-state index contributed by atoms with van der Waals surface area (Å²) >= 11 is 9.06. The number of nitrogen functional groups attached to an aromatic ring is 2. The van der Waals surface area contributed by atoms with Gasteiger partial charge >= 0.3 is 19.5 Å². The number of nitrogens with one attached hydrogen (secondary N) is 2. The van der Waals surface area contributed by atoms with E-state index < -0.39 is 41.8 Å². The SMILES string of the molecule is CC1(C)OB(c2cnc(N)cc2C(F)(F)F)OC1(C)C.Clc1cc(Nc2nc(-c3ccccc3)cs2)nc(N2CCOCC2)n1.Nc1cc(C(F)(F)F)c(-c2cc(Nc3nc(-c4ccccc4)cs3)nc(N3CCOCC3)n2)cn1. The minimum Gasteiger partial charge on any atom is -0.399 e. The standard InChI is InChI=1S/C23H20F3N7OS.C17H16ClN5OS.C12H16BF3N2O2/c24-23(25,26)16-10-19(27)28-12-15(16)17-11-20(31-21(29-17)33-6-8-34-9-7-33)32-22-30-18(13-35-22)14-4-2-1-3-5-14;18-14-10-15(21-16(20-14)23-6-8-24-9-7-23)22-17-19-13(11-25-17)12-4-2-1-3-5-12;1-10(2)11(3,4)20-13(19-10)8-6-18-9(17)5-7(8)12(14,15)16/h1-5,10-13H,6-9H2,(H2,27,28)(H,29,30,31,32);1-5,10-11H,6-9H2,(H,19,20,21,22);5-6H,1-4H3,(H2,17,18). The van der Waals surface area contributed by atoms with Gasteiger partial charge in [-0.1, -0.05) is 72.3 Å². The number of morpholine rings is 2. The Labute approximate surface area is 469 Å². The number of hydrogen-bond acceptors (Lipinski definition) is 20. The topological polar surface area (TPSA) is 223 Å². The van der Waals surface area contributed by atoms with Gasteiger partial charge in [0.2, 0.25) is 11.9 Å². The Morgan fingerprint density at radius 1 is 0.575 bits per heavy atom. The zero-order valence-electron chi connectivity index (χ0n) is 43.3. The molecule has 3 fully saturated rings. The molecule has 0 spiro atoms. The molecule has 3 aliphatic rings. The highest BCUT2D eigenvalue weighted by molar-refractivity contribution is 7.14. The van der Waals surface area contributed by atoms with Crippen LogP contribution in [0, 0.1) is 0 Å². The van der Waals surface area contributed by atoms with Gasteiger partial charge < -0.3 is 50.7 Å². The number of ether oxygens (including phenoxy) is 2. The lowest BCUT2D eigenvalue weighted by Crippen LogP contribution is -2.41. The maximum absolute atomic E-state index is 13.8. The third-order valence-electron chi connectivity index (χ3n) is 12.9. The number of anilines is 8. The van der Waals surface area contributed by atoms with Gasteiger partial charge in [-0.05, 0) is 39.8 Å². The molecule has 8 aromatic rings. The molecular formula is C52H52BClF6N14O4S2. The number of nitrogens with zero attached hydrogens (tertiary/aromatic N) is 10. The van der Waals surface area contributed by atoms with E-state index in [1.165, 1.54) is 28.7 Å². The molecule has 28 heteroatoms. The van der Waals surface area contributed by atoms with E-state index in [0.29, 0.717) is 67.4 Å². The van der Waals surface area contributed by atoms with E-state index in [-0.39, 0.29) is 34.3 Å². The Kier molecular flexibility index (Phi) is 17.4. The summed E-state index contributed by atoms with van der Waals surface area (Å²) in [5, 5.41) is 12.0. The Bertz CT molecular complexity index is 3370. The van der Waals surface area contributed by atoms with E-state index in [9.17, 15) is 26.3 Å². The van der Waals surface area contributed by atoms with Crippen LogP contribution in [0.1, 0.15) is 38.8 Å². The predicted molar refractivity (Wildman–Crippen MR) is 299 cm³/mol. The molecule has 0 atom stereocenters. The van der Waals surface area contributed by atoms with Gasteiger partial charge in [0.1, 0.15) is 28.4 Å². The molecule has 80 heavy (non-hydrogen) atoms. The molecule has 6 aromatic heterocycles. The Hall–Kier alpha value is -7.27. The van der Waals surface area contributed by atoms with Crippen LogP contribution in [-0.4, -0.2) is 111 Å². The minimum atomic E-state index is -4.63. The van der Waals surface area contributed by atoms with Gasteiger partial charge in [-0.15, -0.1) is 22.7 Å². The van der Waals surface area contributed by atoms with E-state index in [2.05, 4.69) is 55.4 Å². The number of pyridine rings is 2. The third kappa shape index (κ3) is 14.2. The number of benzene rings is 2. The van der Waals surface area contributed by atoms with Gasteiger partial charge in [0.15, 0.2) is 10.3 Å². The van der Waals surface area contributed by atoms with Crippen LogP contribution in [0.15, 0.2) is 108 Å². The van der Waals surface area contributed by atoms with Crippen LogP contribution in [0.4, 0.5) is 71.8 Å². The summed E-state index contributed by atoms with van der Waals surface area (Å²) in [5.74, 6) is 1.43. The third-order valence-corrected chi connectivity index (χ3v) is 14.6. The van der Waals surface area contributed by atoms with Crippen LogP contribution in [0.2, 0.25) is 5.15 Å². The molecule has 0 amide bonds. The zero-order valence-corrected chi connectivity index (χ0v) is 45.7. The van der Waals surface area contributed by atoms with Gasteiger partial charge in [0.05, 0.1) is 65.8 Å². The maximum atomic E-state index is 13.8. The fourth-order valence-electron chi connectivity index (χ4n) is 8.08. The molecule has 3 saturated heterocycles. The van der Waals surface area contributed by atoms with Gasteiger partial charge in [0.25, 0.3) is 0 Å². The second kappa shape index (κ2) is 24.2.